The lowest BCUT2D eigenvalue weighted by Gasteiger charge is -2.14. The minimum Gasteiger partial charge on any atom is -0.397 e. The first-order valence-electron chi connectivity index (χ1n) is 6.98. The fourth-order valence-corrected chi connectivity index (χ4v) is 3.08. The molecule has 0 fully saturated rings. The third-order valence-electron chi connectivity index (χ3n) is 3.60. The zero-order chi connectivity index (χ0) is 14.6. The molecule has 0 radical (unpaired) electrons. The van der Waals surface area contributed by atoms with Crippen molar-refractivity contribution >= 4 is 21.2 Å². The summed E-state index contributed by atoms with van der Waals surface area (Å²) in [7, 11) is -3.20. The van der Waals surface area contributed by atoms with Crippen molar-refractivity contribution < 1.29 is 8.42 Å². The van der Waals surface area contributed by atoms with Gasteiger partial charge in [-0.1, -0.05) is 11.6 Å². The summed E-state index contributed by atoms with van der Waals surface area (Å²) < 4.78 is 22.9. The number of anilines is 2. The van der Waals surface area contributed by atoms with Gasteiger partial charge in [-0.05, 0) is 50.3 Å². The molecular formula is C15H22N2O2S. The molecule has 2 rings (SSSR count). The summed E-state index contributed by atoms with van der Waals surface area (Å²) in [5.74, 6) is 0. The van der Waals surface area contributed by atoms with E-state index in [2.05, 4.69) is 11.4 Å². The van der Waals surface area contributed by atoms with E-state index in [1.165, 1.54) is 43.6 Å². The molecule has 3 N–H and O–H groups in total. The highest BCUT2D eigenvalue weighted by Crippen LogP contribution is 2.24. The van der Waals surface area contributed by atoms with Crippen molar-refractivity contribution in [2.75, 3.05) is 23.9 Å². The number of hydrogen-bond donors (Lipinski definition) is 2. The largest absolute Gasteiger partial charge is 0.397 e. The second-order valence-corrected chi connectivity index (χ2v) is 7.32. The molecule has 5 heteroatoms. The molecular weight excluding hydrogens is 272 g/mol. The maximum absolute atomic E-state index is 11.4. The molecule has 0 atom stereocenters. The maximum atomic E-state index is 11.4. The van der Waals surface area contributed by atoms with Crippen LogP contribution in [-0.4, -0.2) is 21.2 Å². The lowest BCUT2D eigenvalue weighted by atomic mass is 9.97. The van der Waals surface area contributed by atoms with Crippen LogP contribution in [0.3, 0.4) is 0 Å². The monoisotopic (exact) mass is 294 g/mol. The quantitative estimate of drug-likeness (QED) is 0.647. The molecule has 0 aliphatic heterocycles. The summed E-state index contributed by atoms with van der Waals surface area (Å²) >= 11 is 0. The first-order chi connectivity index (χ1) is 9.47. The summed E-state index contributed by atoms with van der Waals surface area (Å²) in [6.45, 7) is 0.828. The molecule has 0 bridgehead atoms. The van der Waals surface area contributed by atoms with E-state index in [4.69, 9.17) is 5.73 Å². The van der Waals surface area contributed by atoms with Crippen LogP contribution in [-0.2, 0) is 9.84 Å². The first kappa shape index (κ1) is 14.9. The molecule has 1 aliphatic rings. The van der Waals surface area contributed by atoms with Gasteiger partial charge in [-0.3, -0.25) is 0 Å². The van der Waals surface area contributed by atoms with Crippen LogP contribution in [0.4, 0.5) is 11.4 Å². The highest BCUT2D eigenvalue weighted by molar-refractivity contribution is 7.90. The van der Waals surface area contributed by atoms with Crippen LogP contribution in [0.1, 0.15) is 32.1 Å². The van der Waals surface area contributed by atoms with Crippen LogP contribution in [0.15, 0.2) is 34.7 Å². The third-order valence-corrected chi connectivity index (χ3v) is 4.71. The Morgan fingerprint density at radius 3 is 2.70 bits per heavy atom. The van der Waals surface area contributed by atoms with Crippen molar-refractivity contribution in [2.24, 2.45) is 0 Å². The van der Waals surface area contributed by atoms with Gasteiger partial charge in [-0.2, -0.15) is 0 Å². The fraction of sp³-hybridized carbons (Fsp3) is 0.467. The normalized spacial score (nSPS) is 15.8. The van der Waals surface area contributed by atoms with Crippen LogP contribution in [0.5, 0.6) is 0 Å². The summed E-state index contributed by atoms with van der Waals surface area (Å²) in [6.07, 6.45) is 9.53. The van der Waals surface area contributed by atoms with Gasteiger partial charge in [-0.25, -0.2) is 8.42 Å². The Morgan fingerprint density at radius 2 is 2.10 bits per heavy atom. The number of nitrogens with one attached hydrogen (secondary N) is 1. The lowest BCUT2D eigenvalue weighted by Crippen LogP contribution is -2.07. The van der Waals surface area contributed by atoms with Gasteiger partial charge >= 0.3 is 0 Å². The van der Waals surface area contributed by atoms with Gasteiger partial charge in [0.25, 0.3) is 0 Å². The molecule has 20 heavy (non-hydrogen) atoms. The van der Waals surface area contributed by atoms with Crippen LogP contribution in [0, 0.1) is 0 Å². The average molecular weight is 294 g/mol. The molecule has 1 aliphatic carbocycles. The Bertz CT molecular complexity index is 606. The van der Waals surface area contributed by atoms with Gasteiger partial charge in [0, 0.05) is 12.8 Å². The molecule has 0 amide bonds. The predicted octanol–water partition coefficient (Wildman–Crippen LogP) is 2.97. The Kier molecular flexibility index (Phi) is 4.70. The summed E-state index contributed by atoms with van der Waals surface area (Å²) in [6, 6.07) is 4.84. The second kappa shape index (κ2) is 6.31. The number of rotatable bonds is 5. The molecule has 0 aromatic heterocycles. The number of hydrogen-bond acceptors (Lipinski definition) is 4. The summed E-state index contributed by atoms with van der Waals surface area (Å²) in [4.78, 5) is 0.260. The van der Waals surface area contributed by atoms with Gasteiger partial charge < -0.3 is 11.1 Å². The fourth-order valence-electron chi connectivity index (χ4n) is 2.42. The van der Waals surface area contributed by atoms with Crippen molar-refractivity contribution in [1.29, 1.82) is 0 Å². The van der Waals surface area contributed by atoms with Crippen LogP contribution >= 0.6 is 0 Å². The molecule has 0 unspecified atom stereocenters. The van der Waals surface area contributed by atoms with Gasteiger partial charge in [0.05, 0.1) is 16.3 Å². The average Bonchev–Trinajstić information content (AvgIpc) is 2.40. The molecule has 0 saturated heterocycles. The van der Waals surface area contributed by atoms with E-state index in [9.17, 15) is 8.42 Å². The van der Waals surface area contributed by atoms with Crippen LogP contribution in [0.25, 0.3) is 0 Å². The van der Waals surface area contributed by atoms with Crippen molar-refractivity contribution in [3.05, 3.63) is 29.8 Å². The third kappa shape index (κ3) is 4.00. The number of nitrogens with two attached hydrogens (primary N) is 1. The van der Waals surface area contributed by atoms with E-state index in [1.807, 2.05) is 0 Å². The van der Waals surface area contributed by atoms with E-state index in [0.717, 1.165) is 18.7 Å². The molecule has 0 spiro atoms. The predicted molar refractivity (Wildman–Crippen MR) is 83.6 cm³/mol. The Balaban J connectivity index is 1.95. The molecule has 1 aromatic rings. The summed E-state index contributed by atoms with van der Waals surface area (Å²) in [5.41, 5.74) is 8.68. The van der Waals surface area contributed by atoms with Crippen molar-refractivity contribution in [3.63, 3.8) is 0 Å². The van der Waals surface area contributed by atoms with Gasteiger partial charge in [0.1, 0.15) is 0 Å². The smallest absolute Gasteiger partial charge is 0.175 e. The maximum Gasteiger partial charge on any atom is 0.175 e. The Hall–Kier alpha value is -1.49. The van der Waals surface area contributed by atoms with E-state index >= 15 is 0 Å². The molecule has 0 heterocycles. The topological polar surface area (TPSA) is 72.2 Å². The number of benzene rings is 1. The van der Waals surface area contributed by atoms with Crippen molar-refractivity contribution in [3.8, 4) is 0 Å². The second-order valence-electron chi connectivity index (χ2n) is 5.31. The molecule has 1 aromatic carbocycles. The van der Waals surface area contributed by atoms with E-state index in [1.54, 1.807) is 12.1 Å². The Morgan fingerprint density at radius 1 is 1.30 bits per heavy atom. The van der Waals surface area contributed by atoms with E-state index < -0.39 is 9.84 Å². The van der Waals surface area contributed by atoms with Crippen molar-refractivity contribution in [2.45, 2.75) is 37.0 Å². The lowest BCUT2D eigenvalue weighted by molar-refractivity contribution is 0.602. The number of allylic oxidation sites excluding steroid dienone is 1. The molecule has 4 nitrogen and oxygen atoms in total. The van der Waals surface area contributed by atoms with Crippen LogP contribution in [0.2, 0.25) is 0 Å². The molecule has 0 saturated carbocycles. The first-order valence-corrected chi connectivity index (χ1v) is 8.87. The number of sulfone groups is 1. The van der Waals surface area contributed by atoms with Gasteiger partial charge in [-0.15, -0.1) is 0 Å². The minimum atomic E-state index is -3.20. The SMILES string of the molecule is CS(=O)(=O)c1ccc(NCCC2=CCCCC2)c(N)c1. The number of nitrogen functional groups attached to an aromatic ring is 1. The van der Waals surface area contributed by atoms with E-state index in [0.29, 0.717) is 5.69 Å². The van der Waals surface area contributed by atoms with E-state index in [-0.39, 0.29) is 4.90 Å². The van der Waals surface area contributed by atoms with Gasteiger partial charge in [0.2, 0.25) is 0 Å². The zero-order valence-corrected chi connectivity index (χ0v) is 12.7. The standard InChI is InChI=1S/C15H22N2O2S/c1-20(18,19)13-7-8-15(14(16)11-13)17-10-9-12-5-3-2-4-6-12/h5,7-8,11,17H,2-4,6,9-10,16H2,1H3. The highest BCUT2D eigenvalue weighted by atomic mass is 32.2. The minimum absolute atomic E-state index is 0.260. The highest BCUT2D eigenvalue weighted by Gasteiger charge is 2.09. The van der Waals surface area contributed by atoms with Crippen LogP contribution < -0.4 is 11.1 Å². The summed E-state index contributed by atoms with van der Waals surface area (Å²) in [5, 5.41) is 3.28. The zero-order valence-electron chi connectivity index (χ0n) is 11.9. The molecule has 110 valence electrons. The van der Waals surface area contributed by atoms with Crippen molar-refractivity contribution in [1.82, 2.24) is 0 Å². The van der Waals surface area contributed by atoms with Gasteiger partial charge in [0.15, 0.2) is 9.84 Å². The Labute approximate surface area is 121 Å².